The summed E-state index contributed by atoms with van der Waals surface area (Å²) in [6.07, 6.45) is 0. The van der Waals surface area contributed by atoms with E-state index in [1.807, 2.05) is 0 Å². The Morgan fingerprint density at radius 2 is 1.80 bits per heavy atom. The van der Waals surface area contributed by atoms with Crippen LogP contribution >= 0.6 is 0 Å². The minimum Gasteiger partial charge on any atom is -0.508 e. The van der Waals surface area contributed by atoms with Gasteiger partial charge in [0, 0.05) is 11.1 Å². The number of benzene rings is 2. The Bertz CT molecular complexity index is 771. The largest absolute Gasteiger partial charge is 0.508 e. The smallest absolute Gasteiger partial charge is 0.258 e. The summed E-state index contributed by atoms with van der Waals surface area (Å²) in [4.78, 5) is 4.08. The molecular weight excluding hydrogens is 266 g/mol. The predicted octanol–water partition coefficient (Wildman–Crippen LogP) is 3.39. The number of phenols is 1. The van der Waals surface area contributed by atoms with Crippen molar-refractivity contribution in [3.05, 3.63) is 54.1 Å². The first-order chi connectivity index (χ1) is 9.63. The van der Waals surface area contributed by atoms with Crippen LogP contribution in [0.5, 0.6) is 5.75 Å². The van der Waals surface area contributed by atoms with E-state index in [1.54, 1.807) is 12.1 Å². The molecule has 0 atom stereocenters. The fraction of sp³-hybridized carbons (Fsp3) is 0. The Hall–Kier alpha value is -2.76. The molecule has 3 rings (SSSR count). The zero-order valence-corrected chi connectivity index (χ0v) is 10.0. The molecule has 2 aromatic carbocycles. The third kappa shape index (κ3) is 2.23. The van der Waals surface area contributed by atoms with E-state index in [0.29, 0.717) is 5.56 Å². The van der Waals surface area contributed by atoms with Crippen LogP contribution < -0.4 is 0 Å². The average molecular weight is 274 g/mol. The highest BCUT2D eigenvalue weighted by atomic mass is 19.2. The maximum absolute atomic E-state index is 13.1. The van der Waals surface area contributed by atoms with Gasteiger partial charge < -0.3 is 9.63 Å². The number of nitrogens with zero attached hydrogens (tertiary/aromatic N) is 2. The summed E-state index contributed by atoms with van der Waals surface area (Å²) in [5, 5.41) is 13.1. The van der Waals surface area contributed by atoms with Gasteiger partial charge >= 0.3 is 0 Å². The summed E-state index contributed by atoms with van der Waals surface area (Å²) in [5.74, 6) is -1.54. The van der Waals surface area contributed by atoms with E-state index in [2.05, 4.69) is 10.1 Å². The van der Waals surface area contributed by atoms with Crippen LogP contribution in [0, 0.1) is 11.6 Å². The van der Waals surface area contributed by atoms with Gasteiger partial charge in [-0.15, -0.1) is 0 Å². The van der Waals surface area contributed by atoms with Crippen molar-refractivity contribution < 1.29 is 18.4 Å². The van der Waals surface area contributed by atoms with E-state index >= 15 is 0 Å². The normalized spacial score (nSPS) is 10.7. The number of hydrogen-bond acceptors (Lipinski definition) is 4. The predicted molar refractivity (Wildman–Crippen MR) is 66.8 cm³/mol. The van der Waals surface area contributed by atoms with E-state index in [9.17, 15) is 13.9 Å². The molecule has 0 saturated carbocycles. The highest BCUT2D eigenvalue weighted by molar-refractivity contribution is 5.61. The molecule has 0 saturated heterocycles. The zero-order valence-electron chi connectivity index (χ0n) is 10.0. The van der Waals surface area contributed by atoms with E-state index in [-0.39, 0.29) is 23.0 Å². The standard InChI is InChI=1S/C14H8F2N2O2/c15-11-5-4-9(7-12(11)16)14-17-13(18-20-14)8-2-1-3-10(19)6-8/h1-7,19H. The molecule has 0 unspecified atom stereocenters. The van der Waals surface area contributed by atoms with Crippen molar-refractivity contribution in [2.45, 2.75) is 0 Å². The van der Waals surface area contributed by atoms with E-state index in [0.717, 1.165) is 12.1 Å². The van der Waals surface area contributed by atoms with E-state index in [1.165, 1.54) is 18.2 Å². The lowest BCUT2D eigenvalue weighted by molar-refractivity contribution is 0.431. The molecule has 0 aliphatic rings. The number of rotatable bonds is 2. The number of hydrogen-bond donors (Lipinski definition) is 1. The van der Waals surface area contributed by atoms with Crippen molar-refractivity contribution in [3.8, 4) is 28.6 Å². The molecule has 1 N–H and O–H groups in total. The second-order valence-corrected chi connectivity index (χ2v) is 4.10. The van der Waals surface area contributed by atoms with Crippen LogP contribution in [-0.2, 0) is 0 Å². The van der Waals surface area contributed by atoms with Crippen LogP contribution in [0.1, 0.15) is 0 Å². The highest BCUT2D eigenvalue weighted by Crippen LogP contribution is 2.25. The minimum atomic E-state index is -0.986. The Labute approximate surface area is 112 Å². The summed E-state index contributed by atoms with van der Waals surface area (Å²) in [6, 6.07) is 9.63. The lowest BCUT2D eigenvalue weighted by Gasteiger charge is -1.96. The monoisotopic (exact) mass is 274 g/mol. The van der Waals surface area contributed by atoms with Gasteiger partial charge in [-0.2, -0.15) is 4.98 Å². The Morgan fingerprint density at radius 3 is 2.55 bits per heavy atom. The van der Waals surface area contributed by atoms with Crippen LogP contribution in [0.4, 0.5) is 8.78 Å². The molecule has 0 radical (unpaired) electrons. The van der Waals surface area contributed by atoms with Crippen molar-refractivity contribution >= 4 is 0 Å². The molecule has 0 aliphatic carbocycles. The summed E-state index contributed by atoms with van der Waals surface area (Å²) < 4.78 is 31.0. The topological polar surface area (TPSA) is 59.2 Å². The van der Waals surface area contributed by atoms with Gasteiger partial charge in [-0.3, -0.25) is 0 Å². The molecule has 100 valence electrons. The first-order valence-corrected chi connectivity index (χ1v) is 5.72. The maximum atomic E-state index is 13.1. The molecule has 1 heterocycles. The molecular formula is C14H8F2N2O2. The van der Waals surface area contributed by atoms with Gasteiger partial charge in [0.05, 0.1) is 0 Å². The van der Waals surface area contributed by atoms with Gasteiger partial charge in [0.1, 0.15) is 5.75 Å². The average Bonchev–Trinajstić information content (AvgIpc) is 2.92. The van der Waals surface area contributed by atoms with Crippen LogP contribution in [0.15, 0.2) is 47.0 Å². The molecule has 0 aliphatic heterocycles. The Morgan fingerprint density at radius 1 is 0.950 bits per heavy atom. The fourth-order valence-electron chi connectivity index (χ4n) is 1.73. The molecule has 6 heteroatoms. The summed E-state index contributed by atoms with van der Waals surface area (Å²) >= 11 is 0. The van der Waals surface area contributed by atoms with Crippen molar-refractivity contribution in [2.75, 3.05) is 0 Å². The first-order valence-electron chi connectivity index (χ1n) is 5.72. The van der Waals surface area contributed by atoms with E-state index in [4.69, 9.17) is 4.52 Å². The van der Waals surface area contributed by atoms with Crippen LogP contribution in [0.2, 0.25) is 0 Å². The van der Waals surface area contributed by atoms with Crippen molar-refractivity contribution in [1.29, 1.82) is 0 Å². The van der Waals surface area contributed by atoms with Gasteiger partial charge in [-0.05, 0) is 30.3 Å². The minimum absolute atomic E-state index is 0.0710. The third-order valence-corrected chi connectivity index (χ3v) is 2.70. The SMILES string of the molecule is Oc1cccc(-c2noc(-c3ccc(F)c(F)c3)n2)c1. The van der Waals surface area contributed by atoms with E-state index < -0.39 is 11.6 Å². The molecule has 0 amide bonds. The molecule has 3 aromatic rings. The highest BCUT2D eigenvalue weighted by Gasteiger charge is 2.13. The van der Waals surface area contributed by atoms with Crippen molar-refractivity contribution in [1.82, 2.24) is 10.1 Å². The maximum Gasteiger partial charge on any atom is 0.258 e. The Balaban J connectivity index is 1.99. The lowest BCUT2D eigenvalue weighted by atomic mass is 10.2. The number of aromatic nitrogens is 2. The van der Waals surface area contributed by atoms with Crippen LogP contribution in [0.3, 0.4) is 0 Å². The van der Waals surface area contributed by atoms with Crippen molar-refractivity contribution in [3.63, 3.8) is 0 Å². The van der Waals surface area contributed by atoms with Gasteiger partial charge in [0.25, 0.3) is 5.89 Å². The molecule has 0 bridgehead atoms. The van der Waals surface area contributed by atoms with Gasteiger partial charge in [-0.25, -0.2) is 8.78 Å². The van der Waals surface area contributed by atoms with Gasteiger partial charge in [-0.1, -0.05) is 17.3 Å². The molecule has 0 fully saturated rings. The van der Waals surface area contributed by atoms with Crippen LogP contribution in [0.25, 0.3) is 22.8 Å². The Kier molecular flexibility index (Phi) is 2.90. The van der Waals surface area contributed by atoms with Crippen LogP contribution in [-0.4, -0.2) is 15.2 Å². The third-order valence-electron chi connectivity index (χ3n) is 2.70. The molecule has 20 heavy (non-hydrogen) atoms. The second-order valence-electron chi connectivity index (χ2n) is 4.10. The number of halogens is 2. The number of aromatic hydroxyl groups is 1. The van der Waals surface area contributed by atoms with Gasteiger partial charge in [0.2, 0.25) is 5.82 Å². The van der Waals surface area contributed by atoms with Crippen molar-refractivity contribution in [2.24, 2.45) is 0 Å². The summed E-state index contributed by atoms with van der Waals surface area (Å²) in [5.41, 5.74) is 0.838. The lowest BCUT2D eigenvalue weighted by Crippen LogP contribution is -1.85. The summed E-state index contributed by atoms with van der Waals surface area (Å²) in [7, 11) is 0. The first kappa shape index (κ1) is 12.3. The fourth-order valence-corrected chi connectivity index (χ4v) is 1.73. The second kappa shape index (κ2) is 4.73. The number of phenolic OH excluding ortho intramolecular Hbond substituents is 1. The zero-order chi connectivity index (χ0) is 14.1. The summed E-state index contributed by atoms with van der Waals surface area (Å²) in [6.45, 7) is 0. The quantitative estimate of drug-likeness (QED) is 0.778. The molecule has 4 nitrogen and oxygen atoms in total. The molecule has 1 aromatic heterocycles. The molecule has 0 spiro atoms. The van der Waals surface area contributed by atoms with Gasteiger partial charge in [0.15, 0.2) is 11.6 Å².